The van der Waals surface area contributed by atoms with Gasteiger partial charge in [0.05, 0.1) is 16.8 Å². The van der Waals surface area contributed by atoms with Crippen molar-refractivity contribution in [2.75, 3.05) is 13.1 Å². The summed E-state index contributed by atoms with van der Waals surface area (Å²) in [5.74, 6) is -1.93. The second kappa shape index (κ2) is 9.62. The van der Waals surface area contributed by atoms with Crippen LogP contribution in [-0.4, -0.2) is 52.5 Å². The van der Waals surface area contributed by atoms with E-state index >= 15 is 0 Å². The molecular formula is C21H23N5O5S. The SMILES string of the molecule is CCN(CC)S(=O)(=O)c1cccc(C(=O)NNC(=O)c2nn(-c3ccccc3)cc2O)c1. The van der Waals surface area contributed by atoms with Crippen molar-refractivity contribution >= 4 is 21.8 Å². The van der Waals surface area contributed by atoms with E-state index < -0.39 is 21.8 Å². The Labute approximate surface area is 185 Å². The molecule has 3 rings (SSSR count). The van der Waals surface area contributed by atoms with E-state index in [4.69, 9.17) is 0 Å². The van der Waals surface area contributed by atoms with E-state index in [2.05, 4.69) is 16.0 Å². The van der Waals surface area contributed by atoms with Gasteiger partial charge < -0.3 is 5.11 Å². The fourth-order valence-corrected chi connectivity index (χ4v) is 4.50. The van der Waals surface area contributed by atoms with Crippen LogP contribution >= 0.6 is 0 Å². The van der Waals surface area contributed by atoms with Gasteiger partial charge in [-0.2, -0.15) is 9.40 Å². The maximum absolute atomic E-state index is 12.7. The van der Waals surface area contributed by atoms with Crippen molar-refractivity contribution in [2.24, 2.45) is 0 Å². The number of amides is 2. The predicted octanol–water partition coefficient (Wildman–Crippen LogP) is 1.68. The Kier molecular flexibility index (Phi) is 6.91. The number of hydrogen-bond donors (Lipinski definition) is 3. The van der Waals surface area contributed by atoms with Crippen LogP contribution in [0, 0.1) is 0 Å². The van der Waals surface area contributed by atoms with E-state index in [1.54, 1.807) is 38.1 Å². The van der Waals surface area contributed by atoms with Crippen LogP contribution in [0.5, 0.6) is 5.75 Å². The van der Waals surface area contributed by atoms with Crippen LogP contribution in [-0.2, 0) is 10.0 Å². The first kappa shape index (κ1) is 23.0. The van der Waals surface area contributed by atoms with Crippen molar-refractivity contribution in [3.05, 3.63) is 72.1 Å². The minimum Gasteiger partial charge on any atom is -0.504 e. The zero-order valence-electron chi connectivity index (χ0n) is 17.5. The number of carbonyl (C=O) groups is 2. The smallest absolute Gasteiger partial charge is 0.294 e. The Morgan fingerprint density at radius 2 is 1.66 bits per heavy atom. The van der Waals surface area contributed by atoms with E-state index in [0.717, 1.165) is 0 Å². The van der Waals surface area contributed by atoms with Gasteiger partial charge in [-0.1, -0.05) is 38.1 Å². The first-order valence-corrected chi connectivity index (χ1v) is 11.3. The number of aromatic nitrogens is 2. The summed E-state index contributed by atoms with van der Waals surface area (Å²) in [7, 11) is -3.74. The zero-order chi connectivity index (χ0) is 23.3. The van der Waals surface area contributed by atoms with E-state index in [1.165, 1.54) is 39.4 Å². The van der Waals surface area contributed by atoms with Crippen molar-refractivity contribution in [3.63, 3.8) is 0 Å². The molecule has 0 atom stereocenters. The lowest BCUT2D eigenvalue weighted by Crippen LogP contribution is -2.42. The first-order valence-electron chi connectivity index (χ1n) is 9.82. The number of benzene rings is 2. The summed E-state index contributed by atoms with van der Waals surface area (Å²) in [5.41, 5.74) is 4.76. The van der Waals surface area contributed by atoms with Gasteiger partial charge in [0.2, 0.25) is 10.0 Å². The molecule has 0 unspecified atom stereocenters. The Morgan fingerprint density at radius 3 is 2.31 bits per heavy atom. The highest BCUT2D eigenvalue weighted by molar-refractivity contribution is 7.89. The van der Waals surface area contributed by atoms with E-state index in [-0.39, 0.29) is 21.9 Å². The summed E-state index contributed by atoms with van der Waals surface area (Å²) in [6.45, 7) is 4.04. The van der Waals surface area contributed by atoms with Crippen molar-refractivity contribution in [1.29, 1.82) is 0 Å². The normalized spacial score (nSPS) is 11.3. The molecular weight excluding hydrogens is 434 g/mol. The summed E-state index contributed by atoms with van der Waals surface area (Å²) in [5, 5.41) is 14.1. The molecule has 168 valence electrons. The van der Waals surface area contributed by atoms with E-state index in [1.807, 2.05) is 6.07 Å². The molecule has 0 aliphatic carbocycles. The maximum Gasteiger partial charge on any atom is 0.294 e. The maximum atomic E-state index is 12.7. The number of nitrogens with zero attached hydrogens (tertiary/aromatic N) is 3. The summed E-state index contributed by atoms with van der Waals surface area (Å²) in [6.07, 6.45) is 1.27. The lowest BCUT2D eigenvalue weighted by atomic mass is 10.2. The molecule has 2 amide bonds. The highest BCUT2D eigenvalue weighted by atomic mass is 32.2. The average Bonchev–Trinajstić information content (AvgIpc) is 3.20. The molecule has 11 heteroatoms. The molecule has 1 heterocycles. The molecule has 0 fully saturated rings. The van der Waals surface area contributed by atoms with Crippen LogP contribution < -0.4 is 10.9 Å². The van der Waals surface area contributed by atoms with Crippen LogP contribution in [0.3, 0.4) is 0 Å². The first-order chi connectivity index (χ1) is 15.3. The molecule has 3 N–H and O–H groups in total. The second-order valence-electron chi connectivity index (χ2n) is 6.67. The van der Waals surface area contributed by atoms with Crippen molar-refractivity contribution in [3.8, 4) is 11.4 Å². The van der Waals surface area contributed by atoms with Crippen LogP contribution in [0.25, 0.3) is 5.69 Å². The van der Waals surface area contributed by atoms with Crippen LogP contribution in [0.1, 0.15) is 34.7 Å². The Balaban J connectivity index is 1.71. The summed E-state index contributed by atoms with van der Waals surface area (Å²) < 4.78 is 27.9. The minimum atomic E-state index is -3.74. The lowest BCUT2D eigenvalue weighted by Gasteiger charge is -2.18. The number of hydrogen-bond acceptors (Lipinski definition) is 6. The van der Waals surface area contributed by atoms with E-state index in [0.29, 0.717) is 18.8 Å². The number of sulfonamides is 1. The second-order valence-corrected chi connectivity index (χ2v) is 8.61. The molecule has 1 aromatic heterocycles. The van der Waals surface area contributed by atoms with Gasteiger partial charge in [-0.15, -0.1) is 0 Å². The topological polar surface area (TPSA) is 134 Å². The Morgan fingerprint density at radius 1 is 1.00 bits per heavy atom. The van der Waals surface area contributed by atoms with Gasteiger partial charge in [-0.05, 0) is 30.3 Å². The number of aromatic hydroxyl groups is 1. The van der Waals surface area contributed by atoms with Crippen LogP contribution in [0.15, 0.2) is 65.7 Å². The molecule has 0 radical (unpaired) electrons. The molecule has 3 aromatic rings. The number of nitrogens with one attached hydrogen (secondary N) is 2. The molecule has 0 saturated heterocycles. The quantitative estimate of drug-likeness (QED) is 0.462. The summed E-state index contributed by atoms with van der Waals surface area (Å²) in [6, 6.07) is 14.4. The fraction of sp³-hybridized carbons (Fsp3) is 0.190. The number of para-hydroxylation sites is 1. The van der Waals surface area contributed by atoms with Crippen molar-refractivity contribution in [1.82, 2.24) is 24.9 Å². The van der Waals surface area contributed by atoms with E-state index in [9.17, 15) is 23.1 Å². The third-order valence-corrected chi connectivity index (χ3v) is 6.71. The zero-order valence-corrected chi connectivity index (χ0v) is 18.3. The molecule has 0 bridgehead atoms. The van der Waals surface area contributed by atoms with Crippen LogP contribution in [0.2, 0.25) is 0 Å². The van der Waals surface area contributed by atoms with Crippen LogP contribution in [0.4, 0.5) is 0 Å². The summed E-state index contributed by atoms with van der Waals surface area (Å²) in [4.78, 5) is 24.8. The molecule has 10 nitrogen and oxygen atoms in total. The van der Waals surface area contributed by atoms with Gasteiger partial charge in [0.1, 0.15) is 0 Å². The monoisotopic (exact) mass is 457 g/mol. The van der Waals surface area contributed by atoms with Gasteiger partial charge in [-0.3, -0.25) is 20.4 Å². The minimum absolute atomic E-state index is 0.0283. The molecule has 2 aromatic carbocycles. The van der Waals surface area contributed by atoms with Gasteiger partial charge in [0, 0.05) is 18.7 Å². The number of rotatable bonds is 7. The van der Waals surface area contributed by atoms with Crippen molar-refractivity contribution < 1.29 is 23.1 Å². The molecule has 0 aliphatic heterocycles. The van der Waals surface area contributed by atoms with Crippen molar-refractivity contribution in [2.45, 2.75) is 18.7 Å². The standard InChI is InChI=1S/C21H23N5O5S/c1-3-25(4-2)32(30,31)17-12-8-9-15(13-17)20(28)22-23-21(29)19-18(27)14-26(24-19)16-10-6-5-7-11-16/h5-14,27H,3-4H2,1-2H3,(H,22,28)(H,23,29). The largest absolute Gasteiger partial charge is 0.504 e. The predicted molar refractivity (Wildman–Crippen MR) is 117 cm³/mol. The van der Waals surface area contributed by atoms with Gasteiger partial charge in [0.15, 0.2) is 11.4 Å². The molecule has 0 saturated carbocycles. The highest BCUT2D eigenvalue weighted by Crippen LogP contribution is 2.18. The molecule has 0 spiro atoms. The highest BCUT2D eigenvalue weighted by Gasteiger charge is 2.23. The van der Waals surface area contributed by atoms with Gasteiger partial charge in [-0.25, -0.2) is 13.1 Å². The lowest BCUT2D eigenvalue weighted by molar-refractivity contribution is 0.0842. The fourth-order valence-electron chi connectivity index (χ4n) is 2.99. The summed E-state index contributed by atoms with van der Waals surface area (Å²) >= 11 is 0. The third kappa shape index (κ3) is 4.79. The van der Waals surface area contributed by atoms with Gasteiger partial charge in [0.25, 0.3) is 11.8 Å². The van der Waals surface area contributed by atoms with Gasteiger partial charge >= 0.3 is 0 Å². The molecule has 0 aliphatic rings. The number of hydrazine groups is 1. The third-order valence-electron chi connectivity index (χ3n) is 4.66. The average molecular weight is 458 g/mol. The molecule has 32 heavy (non-hydrogen) atoms. The Hall–Kier alpha value is -3.70. The Bertz CT molecular complexity index is 1220. The number of carbonyl (C=O) groups excluding carboxylic acids is 2.